The molecule has 6 heteroatoms. The Morgan fingerprint density at radius 2 is 2.07 bits per heavy atom. The summed E-state index contributed by atoms with van der Waals surface area (Å²) in [5.74, 6) is -1.70. The number of aliphatic carboxylic acids is 1. The molecule has 88 valence electrons. The molecular weight excluding hydrogens is 200 g/mol. The number of carboxylic acid groups (broad SMARTS) is 1. The topological polar surface area (TPSA) is 113 Å². The minimum Gasteiger partial charge on any atom is -0.480 e. The molecule has 15 heavy (non-hydrogen) atoms. The van der Waals surface area contributed by atoms with E-state index in [0.717, 1.165) is 0 Å². The molecule has 0 rings (SSSR count). The van der Waals surface area contributed by atoms with E-state index in [4.69, 9.17) is 15.9 Å². The lowest BCUT2D eigenvalue weighted by atomic mass is 9.99. The summed E-state index contributed by atoms with van der Waals surface area (Å²) in [4.78, 5) is 22.2. The van der Waals surface area contributed by atoms with Crippen LogP contribution in [0.15, 0.2) is 0 Å². The standard InChI is InChI=1S/C9H18N2O4/c1-3-9(2,10)8(15)11-6(4-5-12)7(13)14/h6,12H,3-5,10H2,1-2H3,(H,11,15)(H,13,14)/t6-,9?/m1/s1. The zero-order valence-corrected chi connectivity index (χ0v) is 8.99. The molecule has 2 atom stereocenters. The number of nitrogens with two attached hydrogens (primary N) is 1. The minimum absolute atomic E-state index is 0.0269. The number of hydrogen-bond donors (Lipinski definition) is 4. The normalized spacial score (nSPS) is 16.5. The van der Waals surface area contributed by atoms with Gasteiger partial charge in [-0.1, -0.05) is 6.92 Å². The number of nitrogens with one attached hydrogen (secondary N) is 1. The maximum Gasteiger partial charge on any atom is 0.326 e. The van der Waals surface area contributed by atoms with Crippen LogP contribution in [0.1, 0.15) is 26.7 Å². The largest absolute Gasteiger partial charge is 0.480 e. The molecule has 1 amide bonds. The maximum atomic E-state index is 11.5. The van der Waals surface area contributed by atoms with Crippen LogP contribution < -0.4 is 11.1 Å². The molecule has 0 aliphatic heterocycles. The van der Waals surface area contributed by atoms with Crippen LogP contribution in [0.3, 0.4) is 0 Å². The Kier molecular flexibility index (Phi) is 5.24. The molecule has 0 bridgehead atoms. The van der Waals surface area contributed by atoms with Gasteiger partial charge in [-0.15, -0.1) is 0 Å². The highest BCUT2D eigenvalue weighted by molar-refractivity contribution is 5.89. The molecule has 6 nitrogen and oxygen atoms in total. The van der Waals surface area contributed by atoms with E-state index in [1.807, 2.05) is 0 Å². The van der Waals surface area contributed by atoms with Gasteiger partial charge in [-0.25, -0.2) is 4.79 Å². The first-order valence-corrected chi connectivity index (χ1v) is 4.78. The maximum absolute atomic E-state index is 11.5. The van der Waals surface area contributed by atoms with Crippen LogP contribution in [0.25, 0.3) is 0 Å². The van der Waals surface area contributed by atoms with Crippen molar-refractivity contribution in [1.82, 2.24) is 5.32 Å². The number of rotatable bonds is 6. The molecule has 0 heterocycles. The second-order valence-electron chi connectivity index (χ2n) is 3.65. The summed E-state index contributed by atoms with van der Waals surface area (Å²) in [5.41, 5.74) is 4.56. The summed E-state index contributed by atoms with van der Waals surface area (Å²) in [6.07, 6.45) is 0.380. The number of aliphatic hydroxyl groups is 1. The van der Waals surface area contributed by atoms with Gasteiger partial charge in [-0.05, 0) is 13.3 Å². The van der Waals surface area contributed by atoms with Crippen molar-refractivity contribution in [3.8, 4) is 0 Å². The monoisotopic (exact) mass is 218 g/mol. The van der Waals surface area contributed by atoms with E-state index in [9.17, 15) is 9.59 Å². The van der Waals surface area contributed by atoms with Gasteiger partial charge < -0.3 is 21.3 Å². The molecule has 0 aromatic carbocycles. The van der Waals surface area contributed by atoms with Crippen LogP contribution in [0.2, 0.25) is 0 Å². The van der Waals surface area contributed by atoms with Crippen LogP contribution in [0, 0.1) is 0 Å². The average molecular weight is 218 g/mol. The van der Waals surface area contributed by atoms with Crippen molar-refractivity contribution in [2.75, 3.05) is 6.61 Å². The highest BCUT2D eigenvalue weighted by atomic mass is 16.4. The molecule has 0 aliphatic rings. The van der Waals surface area contributed by atoms with Gasteiger partial charge in [0, 0.05) is 13.0 Å². The van der Waals surface area contributed by atoms with Crippen LogP contribution in [0.5, 0.6) is 0 Å². The third-order valence-corrected chi connectivity index (χ3v) is 2.27. The number of carbonyl (C=O) groups excluding carboxylic acids is 1. The molecule has 0 saturated heterocycles. The molecule has 0 radical (unpaired) electrons. The van der Waals surface area contributed by atoms with Gasteiger partial charge in [-0.2, -0.15) is 0 Å². The fourth-order valence-electron chi connectivity index (χ4n) is 0.870. The number of carboxylic acids is 1. The average Bonchev–Trinajstić information content (AvgIpc) is 2.16. The van der Waals surface area contributed by atoms with Crippen molar-refractivity contribution >= 4 is 11.9 Å². The van der Waals surface area contributed by atoms with Crippen LogP contribution in [-0.4, -0.2) is 40.3 Å². The Bertz CT molecular complexity index is 240. The SMILES string of the molecule is CCC(C)(N)C(=O)N[C@H](CCO)C(=O)O. The summed E-state index contributed by atoms with van der Waals surface area (Å²) in [6.45, 7) is 2.96. The molecule has 0 aromatic heterocycles. The smallest absolute Gasteiger partial charge is 0.326 e. The molecular formula is C9H18N2O4. The number of aliphatic hydroxyl groups excluding tert-OH is 1. The van der Waals surface area contributed by atoms with E-state index >= 15 is 0 Å². The lowest BCUT2D eigenvalue weighted by Gasteiger charge is -2.24. The predicted octanol–water partition coefficient (Wildman–Crippen LogP) is -0.934. The third kappa shape index (κ3) is 4.26. The van der Waals surface area contributed by atoms with Crippen molar-refractivity contribution in [2.45, 2.75) is 38.3 Å². The van der Waals surface area contributed by atoms with Crippen molar-refractivity contribution in [3.05, 3.63) is 0 Å². The van der Waals surface area contributed by atoms with E-state index in [-0.39, 0.29) is 13.0 Å². The molecule has 0 spiro atoms. The highest BCUT2D eigenvalue weighted by Gasteiger charge is 2.29. The van der Waals surface area contributed by atoms with Gasteiger partial charge in [0.05, 0.1) is 5.54 Å². The minimum atomic E-state index is -1.18. The summed E-state index contributed by atoms with van der Waals surface area (Å²) in [5, 5.41) is 19.6. The summed E-state index contributed by atoms with van der Waals surface area (Å²) in [6, 6.07) is -1.09. The van der Waals surface area contributed by atoms with Gasteiger partial charge in [-0.3, -0.25) is 4.79 Å². The quantitative estimate of drug-likeness (QED) is 0.460. The first-order valence-electron chi connectivity index (χ1n) is 4.78. The second-order valence-corrected chi connectivity index (χ2v) is 3.65. The van der Waals surface area contributed by atoms with Crippen LogP contribution >= 0.6 is 0 Å². The summed E-state index contributed by atoms with van der Waals surface area (Å²) in [7, 11) is 0. The molecule has 0 aliphatic carbocycles. The van der Waals surface area contributed by atoms with Gasteiger partial charge in [0.2, 0.25) is 5.91 Å². The van der Waals surface area contributed by atoms with Gasteiger partial charge in [0.15, 0.2) is 0 Å². The van der Waals surface area contributed by atoms with Crippen molar-refractivity contribution < 1.29 is 19.8 Å². The first kappa shape index (κ1) is 13.9. The van der Waals surface area contributed by atoms with E-state index in [0.29, 0.717) is 6.42 Å². The van der Waals surface area contributed by atoms with E-state index < -0.39 is 23.5 Å². The Balaban J connectivity index is 4.41. The van der Waals surface area contributed by atoms with Gasteiger partial charge in [0.25, 0.3) is 0 Å². The van der Waals surface area contributed by atoms with Crippen LogP contribution in [0.4, 0.5) is 0 Å². The second kappa shape index (κ2) is 5.67. The Morgan fingerprint density at radius 3 is 2.40 bits per heavy atom. The summed E-state index contributed by atoms with van der Waals surface area (Å²) >= 11 is 0. The fourth-order valence-corrected chi connectivity index (χ4v) is 0.870. The molecule has 0 aromatic rings. The molecule has 0 saturated carbocycles. The summed E-state index contributed by atoms with van der Waals surface area (Å²) < 4.78 is 0. The Morgan fingerprint density at radius 1 is 1.53 bits per heavy atom. The van der Waals surface area contributed by atoms with E-state index in [1.165, 1.54) is 6.92 Å². The Hall–Kier alpha value is -1.14. The lowest BCUT2D eigenvalue weighted by molar-refractivity contribution is -0.143. The fraction of sp³-hybridized carbons (Fsp3) is 0.778. The number of carbonyl (C=O) groups is 2. The zero-order valence-electron chi connectivity index (χ0n) is 8.99. The van der Waals surface area contributed by atoms with Crippen molar-refractivity contribution in [3.63, 3.8) is 0 Å². The van der Waals surface area contributed by atoms with Crippen molar-refractivity contribution in [2.24, 2.45) is 5.73 Å². The molecule has 1 unspecified atom stereocenters. The van der Waals surface area contributed by atoms with E-state index in [1.54, 1.807) is 6.92 Å². The highest BCUT2D eigenvalue weighted by Crippen LogP contribution is 2.05. The number of amides is 1. The molecule has 0 fully saturated rings. The van der Waals surface area contributed by atoms with Crippen LogP contribution in [-0.2, 0) is 9.59 Å². The van der Waals surface area contributed by atoms with Gasteiger partial charge >= 0.3 is 5.97 Å². The van der Waals surface area contributed by atoms with Gasteiger partial charge in [0.1, 0.15) is 6.04 Å². The Labute approximate surface area is 88.5 Å². The van der Waals surface area contributed by atoms with Crippen molar-refractivity contribution in [1.29, 1.82) is 0 Å². The zero-order chi connectivity index (χ0) is 12.1. The molecule has 5 N–H and O–H groups in total. The predicted molar refractivity (Wildman–Crippen MR) is 54.2 cm³/mol. The first-order chi connectivity index (χ1) is 6.85. The third-order valence-electron chi connectivity index (χ3n) is 2.27. The lowest BCUT2D eigenvalue weighted by Crippen LogP contribution is -2.55. The number of hydrogen-bond acceptors (Lipinski definition) is 4. The van der Waals surface area contributed by atoms with E-state index in [2.05, 4.69) is 5.32 Å².